The molecule has 1 heterocycles. The van der Waals surface area contributed by atoms with Crippen molar-refractivity contribution >= 4 is 16.0 Å². The van der Waals surface area contributed by atoms with Crippen LogP contribution in [0.25, 0.3) is 5.69 Å². The smallest absolute Gasteiger partial charge is 0.341 e. The highest BCUT2D eigenvalue weighted by atomic mass is 32.2. The van der Waals surface area contributed by atoms with Gasteiger partial charge in [-0.15, -0.1) is 5.10 Å². The Hall–Kier alpha value is -4.02. The van der Waals surface area contributed by atoms with Crippen LogP contribution in [0.15, 0.2) is 90.0 Å². The standard InChI is InChI=1S/C25H24N4O5S/c1-33-25(30)23-9-5-6-10-24(23)34-18-20-17-29(28-27-20)21-11-13-22(14-12-21)35(31,32)26-16-15-19-7-3-2-4-8-19/h2-14,17,26H,15-16,18H2,1H3. The third kappa shape index (κ3) is 6.11. The van der Waals surface area contributed by atoms with Gasteiger partial charge in [0.1, 0.15) is 23.6 Å². The first-order chi connectivity index (χ1) is 17.0. The van der Waals surface area contributed by atoms with E-state index in [1.165, 1.54) is 23.9 Å². The van der Waals surface area contributed by atoms with Crippen LogP contribution in [0, 0.1) is 0 Å². The number of ether oxygens (including phenoxy) is 2. The van der Waals surface area contributed by atoms with Crippen molar-refractivity contribution in [3.8, 4) is 11.4 Å². The average molecular weight is 493 g/mol. The molecule has 0 bridgehead atoms. The van der Waals surface area contributed by atoms with Gasteiger partial charge in [0.25, 0.3) is 0 Å². The predicted molar refractivity (Wildman–Crippen MR) is 129 cm³/mol. The van der Waals surface area contributed by atoms with E-state index in [1.807, 2.05) is 30.3 Å². The molecule has 0 saturated heterocycles. The van der Waals surface area contributed by atoms with Gasteiger partial charge in [0.2, 0.25) is 10.0 Å². The van der Waals surface area contributed by atoms with Crippen molar-refractivity contribution in [2.45, 2.75) is 17.9 Å². The predicted octanol–water partition coefficient (Wildman–Crippen LogP) is 3.15. The molecule has 0 spiro atoms. The molecule has 0 fully saturated rings. The van der Waals surface area contributed by atoms with Crippen molar-refractivity contribution in [1.29, 1.82) is 0 Å². The highest BCUT2D eigenvalue weighted by molar-refractivity contribution is 7.89. The Morgan fingerprint density at radius 1 is 0.971 bits per heavy atom. The first-order valence-corrected chi connectivity index (χ1v) is 12.3. The van der Waals surface area contributed by atoms with Crippen molar-refractivity contribution in [2.75, 3.05) is 13.7 Å². The lowest BCUT2D eigenvalue weighted by molar-refractivity contribution is 0.0595. The van der Waals surface area contributed by atoms with E-state index < -0.39 is 16.0 Å². The van der Waals surface area contributed by atoms with Crippen LogP contribution in [0.3, 0.4) is 0 Å². The van der Waals surface area contributed by atoms with E-state index in [4.69, 9.17) is 9.47 Å². The fraction of sp³-hybridized carbons (Fsp3) is 0.160. The quantitative estimate of drug-likeness (QED) is 0.339. The zero-order valence-corrected chi connectivity index (χ0v) is 19.8. The van der Waals surface area contributed by atoms with E-state index in [9.17, 15) is 13.2 Å². The summed E-state index contributed by atoms with van der Waals surface area (Å²) < 4.78 is 39.8. The Morgan fingerprint density at radius 3 is 2.43 bits per heavy atom. The SMILES string of the molecule is COC(=O)c1ccccc1OCc1cn(-c2ccc(S(=O)(=O)NCCc3ccccc3)cc2)nn1. The Morgan fingerprint density at radius 2 is 1.69 bits per heavy atom. The van der Waals surface area contributed by atoms with Crippen LogP contribution in [-0.2, 0) is 27.8 Å². The molecule has 0 aliphatic rings. The lowest BCUT2D eigenvalue weighted by Crippen LogP contribution is -2.26. The number of para-hydroxylation sites is 1. The van der Waals surface area contributed by atoms with Crippen molar-refractivity contribution in [3.05, 3.63) is 102 Å². The number of hydrogen-bond donors (Lipinski definition) is 1. The Bertz CT molecular complexity index is 1390. The highest BCUT2D eigenvalue weighted by Crippen LogP contribution is 2.20. The molecule has 0 amide bonds. The molecule has 4 aromatic rings. The number of carbonyl (C=O) groups is 1. The minimum absolute atomic E-state index is 0.0891. The number of nitrogens with zero attached hydrogens (tertiary/aromatic N) is 3. The van der Waals surface area contributed by atoms with Gasteiger partial charge >= 0.3 is 5.97 Å². The normalized spacial score (nSPS) is 11.2. The summed E-state index contributed by atoms with van der Waals surface area (Å²) >= 11 is 0. The van der Waals surface area contributed by atoms with Gasteiger partial charge in [-0.2, -0.15) is 0 Å². The Labute approximate surface area is 203 Å². The number of hydrogen-bond acceptors (Lipinski definition) is 7. The summed E-state index contributed by atoms with van der Waals surface area (Å²) in [6.07, 6.45) is 2.27. The molecule has 1 aromatic heterocycles. The van der Waals surface area contributed by atoms with E-state index in [2.05, 4.69) is 15.0 Å². The molecule has 0 aliphatic carbocycles. The lowest BCUT2D eigenvalue weighted by Gasteiger charge is -2.08. The van der Waals surface area contributed by atoms with E-state index in [0.29, 0.717) is 35.7 Å². The van der Waals surface area contributed by atoms with Gasteiger partial charge in [-0.3, -0.25) is 0 Å². The molecule has 35 heavy (non-hydrogen) atoms. The zero-order valence-electron chi connectivity index (χ0n) is 19.0. The summed E-state index contributed by atoms with van der Waals surface area (Å²) in [4.78, 5) is 12.0. The zero-order chi connectivity index (χ0) is 24.7. The molecule has 180 valence electrons. The van der Waals surface area contributed by atoms with Crippen LogP contribution in [0.1, 0.15) is 21.6 Å². The average Bonchev–Trinajstić information content (AvgIpc) is 3.37. The van der Waals surface area contributed by atoms with Crippen LogP contribution in [0.5, 0.6) is 5.75 Å². The van der Waals surface area contributed by atoms with Gasteiger partial charge in [-0.05, 0) is 48.4 Å². The topological polar surface area (TPSA) is 112 Å². The molecule has 0 atom stereocenters. The molecule has 1 N–H and O–H groups in total. The summed E-state index contributed by atoms with van der Waals surface area (Å²) in [5.74, 6) is -0.114. The Kier molecular flexibility index (Phi) is 7.54. The molecule has 9 nitrogen and oxygen atoms in total. The molecule has 3 aromatic carbocycles. The highest BCUT2D eigenvalue weighted by Gasteiger charge is 2.15. The van der Waals surface area contributed by atoms with Gasteiger partial charge < -0.3 is 9.47 Å². The summed E-state index contributed by atoms with van der Waals surface area (Å²) in [7, 11) is -2.32. The number of nitrogens with one attached hydrogen (secondary N) is 1. The first-order valence-electron chi connectivity index (χ1n) is 10.8. The van der Waals surface area contributed by atoms with Crippen LogP contribution in [0.2, 0.25) is 0 Å². The van der Waals surface area contributed by atoms with Crippen molar-refractivity contribution < 1.29 is 22.7 Å². The molecule has 0 aliphatic heterocycles. The molecule has 4 rings (SSSR count). The number of methoxy groups -OCH3 is 1. The van der Waals surface area contributed by atoms with E-state index in [0.717, 1.165) is 5.56 Å². The molecular weight excluding hydrogens is 468 g/mol. The van der Waals surface area contributed by atoms with Crippen LogP contribution in [0.4, 0.5) is 0 Å². The summed E-state index contributed by atoms with van der Waals surface area (Å²) in [5.41, 5.74) is 2.55. The third-order valence-corrected chi connectivity index (χ3v) is 6.65. The van der Waals surface area contributed by atoms with Gasteiger partial charge in [-0.1, -0.05) is 47.7 Å². The number of benzene rings is 3. The number of carbonyl (C=O) groups excluding carboxylic acids is 1. The van der Waals surface area contributed by atoms with Crippen molar-refractivity contribution in [1.82, 2.24) is 19.7 Å². The number of esters is 1. The molecule has 0 radical (unpaired) electrons. The van der Waals surface area contributed by atoms with Crippen LogP contribution in [-0.4, -0.2) is 43.0 Å². The summed E-state index contributed by atoms with van der Waals surface area (Å²) in [6, 6.07) is 22.8. The monoisotopic (exact) mass is 492 g/mol. The van der Waals surface area contributed by atoms with Crippen LogP contribution >= 0.6 is 0 Å². The van der Waals surface area contributed by atoms with E-state index in [1.54, 1.807) is 42.6 Å². The third-order valence-electron chi connectivity index (χ3n) is 5.17. The second kappa shape index (κ2) is 10.9. The minimum Gasteiger partial charge on any atom is -0.486 e. The van der Waals surface area contributed by atoms with Gasteiger partial charge in [0, 0.05) is 6.54 Å². The Balaban J connectivity index is 1.37. The maximum Gasteiger partial charge on any atom is 0.341 e. The van der Waals surface area contributed by atoms with Gasteiger partial charge in [0.05, 0.1) is 23.9 Å². The maximum atomic E-state index is 12.6. The lowest BCUT2D eigenvalue weighted by atomic mass is 10.2. The van der Waals surface area contributed by atoms with Crippen molar-refractivity contribution in [3.63, 3.8) is 0 Å². The number of sulfonamides is 1. The van der Waals surface area contributed by atoms with Crippen molar-refractivity contribution in [2.24, 2.45) is 0 Å². The molecular formula is C25H24N4O5S. The maximum absolute atomic E-state index is 12.6. The fourth-order valence-corrected chi connectivity index (χ4v) is 4.38. The molecule has 10 heteroatoms. The first kappa shape index (κ1) is 24.1. The molecule has 0 saturated carbocycles. The summed E-state index contributed by atoms with van der Waals surface area (Å²) in [6.45, 7) is 0.394. The van der Waals surface area contributed by atoms with E-state index >= 15 is 0 Å². The number of rotatable bonds is 10. The van der Waals surface area contributed by atoms with Gasteiger partial charge in [-0.25, -0.2) is 22.6 Å². The second-order valence-electron chi connectivity index (χ2n) is 7.56. The minimum atomic E-state index is -3.63. The van der Waals surface area contributed by atoms with Crippen LogP contribution < -0.4 is 9.46 Å². The summed E-state index contributed by atoms with van der Waals surface area (Å²) in [5, 5.41) is 8.16. The largest absolute Gasteiger partial charge is 0.486 e. The second-order valence-corrected chi connectivity index (χ2v) is 9.33. The molecule has 0 unspecified atom stereocenters. The van der Waals surface area contributed by atoms with Gasteiger partial charge in [0.15, 0.2) is 0 Å². The fourth-order valence-electron chi connectivity index (χ4n) is 3.35. The van der Waals surface area contributed by atoms with E-state index in [-0.39, 0.29) is 11.5 Å². The number of aromatic nitrogens is 3.